The van der Waals surface area contributed by atoms with Crippen molar-refractivity contribution in [3.05, 3.63) is 29.8 Å². The second-order valence-corrected chi connectivity index (χ2v) is 6.51. The van der Waals surface area contributed by atoms with Crippen molar-refractivity contribution < 1.29 is 13.2 Å². The molecule has 2 N–H and O–H groups in total. The molecule has 1 aromatic carbocycles. The Morgan fingerprint density at radius 2 is 2.05 bits per heavy atom. The number of rotatable bonds is 5. The van der Waals surface area contributed by atoms with E-state index in [0.29, 0.717) is 5.75 Å². The molecule has 0 spiro atoms. The van der Waals surface area contributed by atoms with Gasteiger partial charge in [0.25, 0.3) is 0 Å². The lowest BCUT2D eigenvalue weighted by molar-refractivity contribution is 0.414. The van der Waals surface area contributed by atoms with Crippen molar-refractivity contribution in [1.29, 1.82) is 0 Å². The first-order chi connectivity index (χ1) is 9.09. The van der Waals surface area contributed by atoms with Crippen molar-refractivity contribution in [2.45, 2.75) is 24.6 Å². The molecule has 0 saturated carbocycles. The van der Waals surface area contributed by atoms with E-state index < -0.39 is 10.0 Å². The third-order valence-electron chi connectivity index (χ3n) is 3.18. The van der Waals surface area contributed by atoms with Gasteiger partial charge in [0, 0.05) is 6.04 Å². The summed E-state index contributed by atoms with van der Waals surface area (Å²) in [4.78, 5) is 0. The first kappa shape index (κ1) is 17.2. The molecule has 5 nitrogen and oxygen atoms in total. The Morgan fingerprint density at radius 3 is 2.70 bits per heavy atom. The Bertz CT molecular complexity index is 516. The molecule has 0 aromatic heterocycles. The zero-order chi connectivity index (χ0) is 13.7. The van der Waals surface area contributed by atoms with Gasteiger partial charge >= 0.3 is 0 Å². The van der Waals surface area contributed by atoms with Crippen LogP contribution < -0.4 is 14.8 Å². The smallest absolute Gasteiger partial charge is 0.216 e. The minimum Gasteiger partial charge on any atom is -0.497 e. The van der Waals surface area contributed by atoms with Crippen LogP contribution in [-0.2, 0) is 15.8 Å². The van der Waals surface area contributed by atoms with Crippen molar-refractivity contribution in [1.82, 2.24) is 10.0 Å². The number of sulfonamides is 1. The molecular formula is C13H21ClN2O3S. The van der Waals surface area contributed by atoms with E-state index in [0.717, 1.165) is 31.5 Å². The molecule has 0 aliphatic carbocycles. The molecule has 1 fully saturated rings. The third-order valence-corrected chi connectivity index (χ3v) is 4.58. The van der Waals surface area contributed by atoms with E-state index >= 15 is 0 Å². The molecule has 1 heterocycles. The molecule has 0 bridgehead atoms. The van der Waals surface area contributed by atoms with Gasteiger partial charge in [-0.2, -0.15) is 0 Å². The van der Waals surface area contributed by atoms with Crippen molar-refractivity contribution in [3.63, 3.8) is 0 Å². The normalized spacial score (nSPS) is 16.4. The standard InChI is InChI=1S/C13H20N2O3S.ClH/c1-18-13-4-2-3-11(9-13)10-19(16,17)15-12-5-7-14-8-6-12;/h2-4,9,12,14-15H,5-8,10H2,1H3;1H. The number of benzene rings is 1. The monoisotopic (exact) mass is 320 g/mol. The summed E-state index contributed by atoms with van der Waals surface area (Å²) in [5.41, 5.74) is 0.737. The predicted molar refractivity (Wildman–Crippen MR) is 81.9 cm³/mol. The summed E-state index contributed by atoms with van der Waals surface area (Å²) in [5, 5.41) is 3.21. The Hall–Kier alpha value is -0.820. The highest BCUT2D eigenvalue weighted by Crippen LogP contribution is 2.15. The maximum atomic E-state index is 12.1. The summed E-state index contributed by atoms with van der Waals surface area (Å²) in [6.07, 6.45) is 1.69. The van der Waals surface area contributed by atoms with Crippen LogP contribution in [0.3, 0.4) is 0 Å². The van der Waals surface area contributed by atoms with Gasteiger partial charge < -0.3 is 10.1 Å². The molecule has 2 rings (SSSR count). The summed E-state index contributed by atoms with van der Waals surface area (Å²) in [6.45, 7) is 1.73. The maximum absolute atomic E-state index is 12.1. The van der Waals surface area contributed by atoms with Gasteiger partial charge in [-0.1, -0.05) is 12.1 Å². The summed E-state index contributed by atoms with van der Waals surface area (Å²) < 4.78 is 32.1. The van der Waals surface area contributed by atoms with Crippen LogP contribution in [-0.4, -0.2) is 34.7 Å². The highest BCUT2D eigenvalue weighted by Gasteiger charge is 2.20. The Morgan fingerprint density at radius 1 is 1.35 bits per heavy atom. The van der Waals surface area contributed by atoms with Gasteiger partial charge in [0.15, 0.2) is 0 Å². The van der Waals surface area contributed by atoms with Crippen LogP contribution in [0, 0.1) is 0 Å². The molecule has 0 unspecified atom stereocenters. The van der Waals surface area contributed by atoms with Crippen molar-refractivity contribution >= 4 is 22.4 Å². The van der Waals surface area contributed by atoms with Gasteiger partial charge in [-0.05, 0) is 43.6 Å². The van der Waals surface area contributed by atoms with E-state index in [1.165, 1.54) is 0 Å². The van der Waals surface area contributed by atoms with Crippen molar-refractivity contribution in [3.8, 4) is 5.75 Å². The average Bonchev–Trinajstić information content (AvgIpc) is 2.39. The Balaban J connectivity index is 0.00000200. The molecule has 20 heavy (non-hydrogen) atoms. The molecular weight excluding hydrogens is 300 g/mol. The molecule has 1 aliphatic heterocycles. The fraction of sp³-hybridized carbons (Fsp3) is 0.538. The van der Waals surface area contributed by atoms with Crippen LogP contribution in [0.5, 0.6) is 5.75 Å². The maximum Gasteiger partial charge on any atom is 0.216 e. The first-order valence-electron chi connectivity index (χ1n) is 6.43. The number of hydrogen-bond donors (Lipinski definition) is 2. The summed E-state index contributed by atoms with van der Waals surface area (Å²) >= 11 is 0. The molecule has 0 atom stereocenters. The molecule has 0 amide bonds. The van der Waals surface area contributed by atoms with E-state index in [9.17, 15) is 8.42 Å². The topological polar surface area (TPSA) is 67.4 Å². The van der Waals surface area contributed by atoms with E-state index in [4.69, 9.17) is 4.74 Å². The van der Waals surface area contributed by atoms with Crippen molar-refractivity contribution in [2.24, 2.45) is 0 Å². The quantitative estimate of drug-likeness (QED) is 0.858. The minimum atomic E-state index is -3.29. The number of methoxy groups -OCH3 is 1. The lowest BCUT2D eigenvalue weighted by Gasteiger charge is -2.23. The second-order valence-electron chi connectivity index (χ2n) is 4.75. The zero-order valence-electron chi connectivity index (χ0n) is 11.5. The van der Waals surface area contributed by atoms with E-state index in [2.05, 4.69) is 10.0 Å². The minimum absolute atomic E-state index is 0. The fourth-order valence-electron chi connectivity index (χ4n) is 2.22. The van der Waals surface area contributed by atoms with Gasteiger partial charge in [0.1, 0.15) is 5.75 Å². The lowest BCUT2D eigenvalue weighted by atomic mass is 10.1. The zero-order valence-corrected chi connectivity index (χ0v) is 13.1. The fourth-order valence-corrected chi connectivity index (χ4v) is 3.66. The second kappa shape index (κ2) is 7.83. The Kier molecular flexibility index (Phi) is 6.75. The number of ether oxygens (including phenoxy) is 1. The average molecular weight is 321 g/mol. The predicted octanol–water partition coefficient (Wildman–Crippen LogP) is 1.29. The van der Waals surface area contributed by atoms with Crippen molar-refractivity contribution in [2.75, 3.05) is 20.2 Å². The molecule has 1 aliphatic rings. The number of halogens is 1. The van der Waals surface area contributed by atoms with Crippen LogP contribution in [0.1, 0.15) is 18.4 Å². The highest BCUT2D eigenvalue weighted by molar-refractivity contribution is 7.88. The van der Waals surface area contributed by atoms with E-state index in [1.807, 2.05) is 0 Å². The first-order valence-corrected chi connectivity index (χ1v) is 8.08. The SMILES string of the molecule is COc1cccc(CS(=O)(=O)NC2CCNCC2)c1.Cl. The van der Waals surface area contributed by atoms with Crippen LogP contribution >= 0.6 is 12.4 Å². The van der Waals surface area contributed by atoms with Gasteiger partial charge in [-0.15, -0.1) is 12.4 Å². The van der Waals surface area contributed by atoms with Crippen LogP contribution in [0.15, 0.2) is 24.3 Å². The van der Waals surface area contributed by atoms with Gasteiger partial charge in [-0.3, -0.25) is 0 Å². The third kappa shape index (κ3) is 5.28. The van der Waals surface area contributed by atoms with E-state index in [-0.39, 0.29) is 24.2 Å². The molecule has 0 radical (unpaired) electrons. The molecule has 1 aromatic rings. The van der Waals surface area contributed by atoms with Crippen LogP contribution in [0.2, 0.25) is 0 Å². The summed E-state index contributed by atoms with van der Waals surface area (Å²) in [7, 11) is -1.72. The largest absolute Gasteiger partial charge is 0.497 e. The highest BCUT2D eigenvalue weighted by atomic mass is 35.5. The summed E-state index contributed by atoms with van der Waals surface area (Å²) in [5.74, 6) is 0.670. The molecule has 1 saturated heterocycles. The number of nitrogens with one attached hydrogen (secondary N) is 2. The van der Waals surface area contributed by atoms with Crippen LogP contribution in [0.4, 0.5) is 0 Å². The van der Waals surface area contributed by atoms with Crippen LogP contribution in [0.25, 0.3) is 0 Å². The Labute approximate surface area is 126 Å². The number of piperidine rings is 1. The van der Waals surface area contributed by atoms with E-state index in [1.54, 1.807) is 31.4 Å². The lowest BCUT2D eigenvalue weighted by Crippen LogP contribution is -2.43. The molecule has 114 valence electrons. The summed E-state index contributed by atoms with van der Waals surface area (Å²) in [6, 6.07) is 7.20. The van der Waals surface area contributed by atoms with Gasteiger partial charge in [0.05, 0.1) is 12.9 Å². The number of hydrogen-bond acceptors (Lipinski definition) is 4. The van der Waals surface area contributed by atoms with Gasteiger partial charge in [0.2, 0.25) is 10.0 Å². The van der Waals surface area contributed by atoms with Gasteiger partial charge in [-0.25, -0.2) is 13.1 Å². The molecule has 7 heteroatoms.